The summed E-state index contributed by atoms with van der Waals surface area (Å²) in [5.74, 6) is -2.62. The van der Waals surface area contributed by atoms with Crippen molar-refractivity contribution in [2.75, 3.05) is 13.7 Å². The summed E-state index contributed by atoms with van der Waals surface area (Å²) in [5.41, 5.74) is 0. The SMILES string of the molecule is CCCCCCCCC=CCCCCCCCC1(CCC#N)OCC(CCC#N)(OP(=O)(O)OC)O1. The molecule has 9 heteroatoms. The third-order valence-corrected chi connectivity index (χ3v) is 7.52. The van der Waals surface area contributed by atoms with Crippen LogP contribution in [-0.4, -0.2) is 30.2 Å². The summed E-state index contributed by atoms with van der Waals surface area (Å²) in [6, 6.07) is 4.12. The van der Waals surface area contributed by atoms with E-state index in [1.807, 2.05) is 6.07 Å². The summed E-state index contributed by atoms with van der Waals surface area (Å²) in [6.07, 6.45) is 21.5. The molecular formula is C27H47N2O6P. The minimum Gasteiger partial charge on any atom is -0.344 e. The van der Waals surface area contributed by atoms with Gasteiger partial charge in [-0.2, -0.15) is 10.5 Å². The first-order valence-electron chi connectivity index (χ1n) is 13.7. The fourth-order valence-corrected chi connectivity index (χ4v) is 5.11. The van der Waals surface area contributed by atoms with E-state index in [9.17, 15) is 9.46 Å². The van der Waals surface area contributed by atoms with E-state index in [-0.39, 0.29) is 25.9 Å². The fourth-order valence-electron chi connectivity index (χ4n) is 4.43. The number of hydrogen-bond acceptors (Lipinski definition) is 7. The molecule has 0 aliphatic carbocycles. The van der Waals surface area contributed by atoms with Crippen molar-refractivity contribution in [2.24, 2.45) is 0 Å². The van der Waals surface area contributed by atoms with Crippen LogP contribution in [0, 0.1) is 22.7 Å². The Morgan fingerprint density at radius 2 is 1.44 bits per heavy atom. The van der Waals surface area contributed by atoms with Gasteiger partial charge in [0.1, 0.15) is 6.61 Å². The standard InChI is InChI=1S/C27H47N2O6P/c1-3-4-5-6-7-8-9-10-11-12-13-14-15-16-17-20-26(21-18-23-28)33-25-27(34-26,22-19-24-29)35-36(30,31)32-2/h10-11H,3-9,12-22,25H2,1-2H3,(H,30,31). The van der Waals surface area contributed by atoms with Crippen molar-refractivity contribution in [1.82, 2.24) is 0 Å². The third kappa shape index (κ3) is 13.9. The second-order valence-corrected chi connectivity index (χ2v) is 11.1. The number of ether oxygens (including phenoxy) is 2. The molecule has 0 aromatic carbocycles. The van der Waals surface area contributed by atoms with Crippen LogP contribution in [0.4, 0.5) is 0 Å². The highest BCUT2D eigenvalue weighted by Crippen LogP contribution is 2.52. The Balaban J connectivity index is 2.37. The van der Waals surface area contributed by atoms with E-state index in [1.54, 1.807) is 0 Å². The lowest BCUT2D eigenvalue weighted by atomic mass is 10.0. The first-order valence-corrected chi connectivity index (χ1v) is 15.2. The molecular weight excluding hydrogens is 479 g/mol. The zero-order valence-corrected chi connectivity index (χ0v) is 23.3. The summed E-state index contributed by atoms with van der Waals surface area (Å²) in [7, 11) is -3.29. The molecule has 0 amide bonds. The monoisotopic (exact) mass is 526 g/mol. The smallest absolute Gasteiger partial charge is 0.344 e. The molecule has 36 heavy (non-hydrogen) atoms. The van der Waals surface area contributed by atoms with Crippen LogP contribution in [0.2, 0.25) is 0 Å². The van der Waals surface area contributed by atoms with Crippen molar-refractivity contribution < 1.29 is 28.0 Å². The molecule has 206 valence electrons. The zero-order valence-electron chi connectivity index (χ0n) is 22.4. The first-order chi connectivity index (χ1) is 17.4. The highest BCUT2D eigenvalue weighted by Gasteiger charge is 2.53. The molecule has 1 heterocycles. The van der Waals surface area contributed by atoms with Crippen LogP contribution < -0.4 is 0 Å². The van der Waals surface area contributed by atoms with Gasteiger partial charge in [-0.15, -0.1) is 0 Å². The van der Waals surface area contributed by atoms with Gasteiger partial charge in [-0.3, -0.25) is 9.05 Å². The summed E-state index contributed by atoms with van der Waals surface area (Å²) in [6.45, 7) is 2.15. The molecule has 0 spiro atoms. The number of nitriles is 2. The largest absolute Gasteiger partial charge is 0.474 e. The molecule has 1 fully saturated rings. The van der Waals surface area contributed by atoms with Crippen molar-refractivity contribution in [3.63, 3.8) is 0 Å². The molecule has 0 radical (unpaired) electrons. The number of hydrogen-bond donors (Lipinski definition) is 1. The maximum absolute atomic E-state index is 12.1. The van der Waals surface area contributed by atoms with Gasteiger partial charge in [0.2, 0.25) is 5.79 Å². The highest BCUT2D eigenvalue weighted by molar-refractivity contribution is 7.47. The van der Waals surface area contributed by atoms with Crippen LogP contribution in [-0.2, 0) is 23.1 Å². The van der Waals surface area contributed by atoms with Crippen LogP contribution in [0.1, 0.15) is 122 Å². The molecule has 1 N–H and O–H groups in total. The molecule has 8 nitrogen and oxygen atoms in total. The highest BCUT2D eigenvalue weighted by atomic mass is 31.2. The summed E-state index contributed by atoms with van der Waals surface area (Å²) in [5, 5.41) is 18.1. The zero-order chi connectivity index (χ0) is 26.6. The van der Waals surface area contributed by atoms with E-state index >= 15 is 0 Å². The van der Waals surface area contributed by atoms with Gasteiger partial charge >= 0.3 is 7.82 Å². The van der Waals surface area contributed by atoms with Gasteiger partial charge in [-0.25, -0.2) is 4.57 Å². The lowest BCUT2D eigenvalue weighted by molar-refractivity contribution is -0.246. The topological polar surface area (TPSA) is 122 Å². The lowest BCUT2D eigenvalue weighted by Gasteiger charge is -2.32. The molecule has 0 aromatic rings. The van der Waals surface area contributed by atoms with Gasteiger partial charge < -0.3 is 14.4 Å². The van der Waals surface area contributed by atoms with E-state index in [0.717, 1.165) is 39.2 Å². The Morgan fingerprint density at radius 1 is 0.889 bits per heavy atom. The molecule has 0 bridgehead atoms. The fraction of sp³-hybridized carbons (Fsp3) is 0.852. The predicted octanol–water partition coefficient (Wildman–Crippen LogP) is 7.83. The minimum atomic E-state index is -4.36. The maximum atomic E-state index is 12.1. The molecule has 3 unspecified atom stereocenters. The van der Waals surface area contributed by atoms with Crippen LogP contribution in [0.15, 0.2) is 12.2 Å². The molecule has 1 aliphatic rings. The van der Waals surface area contributed by atoms with Crippen LogP contribution in [0.5, 0.6) is 0 Å². The third-order valence-electron chi connectivity index (χ3n) is 6.49. The van der Waals surface area contributed by atoms with Gasteiger partial charge in [0, 0.05) is 39.2 Å². The van der Waals surface area contributed by atoms with Crippen molar-refractivity contribution in [3.8, 4) is 12.1 Å². The normalized spacial score (nSPS) is 23.5. The summed E-state index contributed by atoms with van der Waals surface area (Å²) < 4.78 is 34.0. The van der Waals surface area contributed by atoms with Crippen LogP contribution in [0.25, 0.3) is 0 Å². The quantitative estimate of drug-likeness (QED) is 0.0860. The number of phosphoric acid groups is 1. The Labute approximate surface area is 218 Å². The van der Waals surface area contributed by atoms with E-state index in [2.05, 4.69) is 29.7 Å². The maximum Gasteiger partial charge on any atom is 0.474 e. The van der Waals surface area contributed by atoms with Crippen molar-refractivity contribution in [1.29, 1.82) is 10.5 Å². The van der Waals surface area contributed by atoms with E-state index in [1.165, 1.54) is 51.4 Å². The molecule has 1 saturated heterocycles. The Hall–Kier alpha value is -1.25. The van der Waals surface area contributed by atoms with Crippen LogP contribution >= 0.6 is 7.82 Å². The number of allylic oxidation sites excluding steroid dienone is 2. The van der Waals surface area contributed by atoms with Gasteiger partial charge in [0.05, 0.1) is 12.1 Å². The summed E-state index contributed by atoms with van der Waals surface area (Å²) >= 11 is 0. The average Bonchev–Trinajstić information content (AvgIpc) is 3.22. The van der Waals surface area contributed by atoms with Crippen molar-refractivity contribution in [3.05, 3.63) is 12.2 Å². The number of rotatable bonds is 22. The van der Waals surface area contributed by atoms with E-state index in [0.29, 0.717) is 12.8 Å². The van der Waals surface area contributed by atoms with E-state index < -0.39 is 19.4 Å². The number of phosphoric ester groups is 1. The molecule has 1 rings (SSSR count). The minimum absolute atomic E-state index is 0.0643. The second kappa shape index (κ2) is 18.9. The molecule has 0 saturated carbocycles. The number of nitrogens with zero attached hydrogens (tertiary/aromatic N) is 2. The molecule has 3 atom stereocenters. The van der Waals surface area contributed by atoms with E-state index in [4.69, 9.17) is 24.5 Å². The lowest BCUT2D eigenvalue weighted by Crippen LogP contribution is -2.39. The Bertz CT molecular complexity index is 750. The van der Waals surface area contributed by atoms with Crippen molar-refractivity contribution in [2.45, 2.75) is 134 Å². The molecule has 0 aromatic heterocycles. The van der Waals surface area contributed by atoms with Crippen LogP contribution in [0.3, 0.4) is 0 Å². The van der Waals surface area contributed by atoms with Gasteiger partial charge in [0.25, 0.3) is 0 Å². The second-order valence-electron chi connectivity index (χ2n) is 9.61. The van der Waals surface area contributed by atoms with Crippen molar-refractivity contribution >= 4 is 7.82 Å². The Kier molecular flexibility index (Phi) is 17.2. The van der Waals surface area contributed by atoms with Gasteiger partial charge in [-0.05, 0) is 32.1 Å². The van der Waals surface area contributed by atoms with Gasteiger partial charge in [-0.1, -0.05) is 70.4 Å². The van der Waals surface area contributed by atoms with Gasteiger partial charge in [0.15, 0.2) is 5.79 Å². The first kappa shape index (κ1) is 32.8. The Morgan fingerprint density at radius 3 is 2.03 bits per heavy atom. The molecule has 1 aliphatic heterocycles. The predicted molar refractivity (Wildman–Crippen MR) is 140 cm³/mol. The number of unbranched alkanes of at least 4 members (excludes halogenated alkanes) is 11. The average molecular weight is 527 g/mol. The summed E-state index contributed by atoms with van der Waals surface area (Å²) in [4.78, 5) is 9.85.